The quantitative estimate of drug-likeness (QED) is 0.426. The molecule has 1 atom stereocenters. The molecule has 0 aliphatic heterocycles. The number of guanidine groups is 1. The molecule has 0 saturated heterocycles. The highest BCUT2D eigenvalue weighted by Crippen LogP contribution is 2.19. The normalized spacial score (nSPS) is 14.1. The summed E-state index contributed by atoms with van der Waals surface area (Å²) in [5.41, 5.74) is 0.511. The number of nitrogens with zero attached hydrogens (tertiary/aromatic N) is 1. The maximum absolute atomic E-state index is 12.2. The highest BCUT2D eigenvalue weighted by atomic mass is 32.2. The largest absolute Gasteiger partial charge is 0.435 e. The molecule has 0 aromatic heterocycles. The van der Waals surface area contributed by atoms with E-state index in [4.69, 9.17) is 0 Å². The van der Waals surface area contributed by atoms with Gasteiger partial charge in [-0.2, -0.15) is 8.78 Å². The van der Waals surface area contributed by atoms with Crippen LogP contribution in [0.5, 0.6) is 5.75 Å². The zero-order valence-corrected chi connectivity index (χ0v) is 16.7. The maximum atomic E-state index is 12.2. The second-order valence-corrected chi connectivity index (χ2v) is 9.22. The zero-order chi connectivity index (χ0) is 20.7. The molecule has 0 saturated carbocycles. The molecule has 1 rings (SSSR count). The van der Waals surface area contributed by atoms with Crippen LogP contribution in [0, 0.1) is 0 Å². The van der Waals surface area contributed by atoms with Crippen LogP contribution in [0.15, 0.2) is 29.3 Å². The van der Waals surface area contributed by atoms with Crippen LogP contribution in [-0.4, -0.2) is 56.7 Å². The standard InChI is InChI=1S/C17H27F2N3O4S/c1-5-20-16(22-11-17(2,3)27(4,24)25)21-10-14(23)12-6-8-13(9-7-12)26-15(18)19/h6-9,14-15,23H,5,10-11H2,1-4H3,(H2,20,21,22). The molecular formula is C17H27F2N3O4S. The Bertz CT molecular complexity index is 722. The number of nitrogens with one attached hydrogen (secondary N) is 2. The van der Waals surface area contributed by atoms with E-state index in [1.165, 1.54) is 24.3 Å². The first-order valence-corrected chi connectivity index (χ1v) is 10.3. The molecule has 7 nitrogen and oxygen atoms in total. The van der Waals surface area contributed by atoms with Crippen LogP contribution in [0.2, 0.25) is 0 Å². The summed E-state index contributed by atoms with van der Waals surface area (Å²) in [5, 5.41) is 16.1. The van der Waals surface area contributed by atoms with Crippen LogP contribution in [0.3, 0.4) is 0 Å². The number of sulfone groups is 1. The van der Waals surface area contributed by atoms with Gasteiger partial charge in [0.15, 0.2) is 15.8 Å². The molecule has 0 fully saturated rings. The number of aliphatic imine (C=N–C) groups is 1. The molecule has 27 heavy (non-hydrogen) atoms. The fraction of sp³-hybridized carbons (Fsp3) is 0.588. The van der Waals surface area contributed by atoms with E-state index in [-0.39, 0.29) is 18.8 Å². The third-order valence-electron chi connectivity index (χ3n) is 3.92. The topological polar surface area (TPSA) is 100 Å². The van der Waals surface area contributed by atoms with Crippen LogP contribution in [-0.2, 0) is 9.84 Å². The SMILES string of the molecule is CCNC(=NCC(C)(C)S(C)(=O)=O)NCC(O)c1ccc(OC(F)F)cc1. The summed E-state index contributed by atoms with van der Waals surface area (Å²) in [5.74, 6) is 0.373. The van der Waals surface area contributed by atoms with Crippen molar-refractivity contribution in [2.45, 2.75) is 38.2 Å². The molecule has 0 heterocycles. The van der Waals surface area contributed by atoms with Crippen molar-refractivity contribution >= 4 is 15.8 Å². The van der Waals surface area contributed by atoms with Gasteiger partial charge in [0, 0.05) is 19.3 Å². The second kappa shape index (κ2) is 9.84. The summed E-state index contributed by atoms with van der Waals surface area (Å²) in [4.78, 5) is 4.26. The lowest BCUT2D eigenvalue weighted by Gasteiger charge is -2.21. The van der Waals surface area contributed by atoms with Crippen molar-refractivity contribution in [3.63, 3.8) is 0 Å². The molecule has 154 valence electrons. The average molecular weight is 407 g/mol. The number of hydrogen-bond donors (Lipinski definition) is 3. The molecular weight excluding hydrogens is 380 g/mol. The highest BCUT2D eigenvalue weighted by Gasteiger charge is 2.30. The van der Waals surface area contributed by atoms with Crippen LogP contribution >= 0.6 is 0 Å². The first-order valence-electron chi connectivity index (χ1n) is 8.41. The summed E-state index contributed by atoms with van der Waals surface area (Å²) in [6.07, 6.45) is 0.242. The van der Waals surface area contributed by atoms with Gasteiger partial charge in [0.25, 0.3) is 0 Å². The van der Waals surface area contributed by atoms with Gasteiger partial charge in [-0.1, -0.05) is 12.1 Å². The van der Waals surface area contributed by atoms with Gasteiger partial charge in [-0.15, -0.1) is 0 Å². The Balaban J connectivity index is 2.71. The lowest BCUT2D eigenvalue weighted by molar-refractivity contribution is -0.0498. The zero-order valence-electron chi connectivity index (χ0n) is 15.9. The van der Waals surface area contributed by atoms with E-state index in [1.54, 1.807) is 13.8 Å². The van der Waals surface area contributed by atoms with E-state index in [9.17, 15) is 22.3 Å². The fourth-order valence-corrected chi connectivity index (χ4v) is 2.21. The smallest absolute Gasteiger partial charge is 0.387 e. The Morgan fingerprint density at radius 2 is 1.85 bits per heavy atom. The molecule has 1 aromatic rings. The molecule has 3 N–H and O–H groups in total. The second-order valence-electron chi connectivity index (χ2n) is 6.57. The number of aliphatic hydroxyl groups excluding tert-OH is 1. The summed E-state index contributed by atoms with van der Waals surface area (Å²) in [6.45, 7) is 2.84. The maximum Gasteiger partial charge on any atom is 0.387 e. The van der Waals surface area contributed by atoms with Crippen molar-refractivity contribution in [1.82, 2.24) is 10.6 Å². The summed E-state index contributed by atoms with van der Waals surface area (Å²) < 4.78 is 51.1. The lowest BCUT2D eigenvalue weighted by Crippen LogP contribution is -2.42. The van der Waals surface area contributed by atoms with Gasteiger partial charge in [-0.25, -0.2) is 8.42 Å². The Morgan fingerprint density at radius 3 is 2.33 bits per heavy atom. The number of halogens is 2. The van der Waals surface area contributed by atoms with Crippen molar-refractivity contribution in [3.8, 4) is 5.75 Å². The number of alkyl halides is 2. The molecule has 1 aromatic carbocycles. The minimum absolute atomic E-state index is 0.00631. The van der Waals surface area contributed by atoms with Gasteiger partial charge < -0.3 is 20.5 Å². The van der Waals surface area contributed by atoms with E-state index in [2.05, 4.69) is 20.4 Å². The molecule has 0 aliphatic rings. The Labute approximate surface area is 158 Å². The van der Waals surface area contributed by atoms with Gasteiger partial charge in [0.1, 0.15) is 5.75 Å². The summed E-state index contributed by atoms with van der Waals surface area (Å²) in [7, 11) is -3.28. The van der Waals surface area contributed by atoms with Crippen molar-refractivity contribution < 1.29 is 27.0 Å². The third-order valence-corrected chi connectivity index (χ3v) is 6.06. The van der Waals surface area contributed by atoms with Crippen LogP contribution in [0.4, 0.5) is 8.78 Å². The molecule has 0 bridgehead atoms. The van der Waals surface area contributed by atoms with Crippen molar-refractivity contribution in [2.75, 3.05) is 25.9 Å². The van der Waals surface area contributed by atoms with E-state index in [1.807, 2.05) is 6.92 Å². The monoisotopic (exact) mass is 407 g/mol. The number of benzene rings is 1. The van der Waals surface area contributed by atoms with Crippen LogP contribution in [0.25, 0.3) is 0 Å². The predicted octanol–water partition coefficient (Wildman–Crippen LogP) is 1.70. The van der Waals surface area contributed by atoms with Gasteiger partial charge in [0.05, 0.1) is 17.4 Å². The molecule has 0 radical (unpaired) electrons. The van der Waals surface area contributed by atoms with E-state index in [0.717, 1.165) is 6.26 Å². The van der Waals surface area contributed by atoms with E-state index in [0.29, 0.717) is 18.1 Å². The number of aliphatic hydroxyl groups is 1. The first kappa shape index (κ1) is 23.1. The van der Waals surface area contributed by atoms with Gasteiger partial charge in [0.2, 0.25) is 0 Å². The number of ether oxygens (including phenoxy) is 1. The summed E-state index contributed by atoms with van der Waals surface area (Å²) in [6, 6.07) is 5.67. The van der Waals surface area contributed by atoms with E-state index >= 15 is 0 Å². The van der Waals surface area contributed by atoms with Crippen molar-refractivity contribution in [3.05, 3.63) is 29.8 Å². The van der Waals surface area contributed by atoms with Crippen LogP contribution < -0.4 is 15.4 Å². The molecule has 1 unspecified atom stereocenters. The van der Waals surface area contributed by atoms with Gasteiger partial charge in [-0.3, -0.25) is 4.99 Å². The molecule has 0 aliphatic carbocycles. The average Bonchev–Trinajstić information content (AvgIpc) is 2.56. The minimum Gasteiger partial charge on any atom is -0.435 e. The van der Waals surface area contributed by atoms with Crippen LogP contribution in [0.1, 0.15) is 32.4 Å². The van der Waals surface area contributed by atoms with Gasteiger partial charge >= 0.3 is 6.61 Å². The first-order chi connectivity index (χ1) is 12.5. The van der Waals surface area contributed by atoms with E-state index < -0.39 is 27.3 Å². The number of hydrogen-bond acceptors (Lipinski definition) is 5. The predicted molar refractivity (Wildman–Crippen MR) is 101 cm³/mol. The van der Waals surface area contributed by atoms with Gasteiger partial charge in [-0.05, 0) is 38.5 Å². The van der Waals surface area contributed by atoms with Crippen molar-refractivity contribution in [1.29, 1.82) is 0 Å². The fourth-order valence-electron chi connectivity index (χ4n) is 1.91. The Morgan fingerprint density at radius 1 is 1.26 bits per heavy atom. The van der Waals surface area contributed by atoms with Crippen molar-refractivity contribution in [2.24, 2.45) is 4.99 Å². The highest BCUT2D eigenvalue weighted by molar-refractivity contribution is 7.92. The molecule has 0 amide bonds. The lowest BCUT2D eigenvalue weighted by atomic mass is 10.1. The summed E-state index contributed by atoms with van der Waals surface area (Å²) >= 11 is 0. The molecule has 0 spiro atoms. The molecule has 10 heteroatoms. The third kappa shape index (κ3) is 7.67. The number of rotatable bonds is 9. The Kier molecular flexibility index (Phi) is 8.42. The minimum atomic E-state index is -3.28. The Hall–Kier alpha value is -1.94.